The maximum absolute atomic E-state index is 11.6. The molecule has 0 amide bonds. The van der Waals surface area contributed by atoms with Gasteiger partial charge < -0.3 is 25.2 Å². The van der Waals surface area contributed by atoms with Crippen molar-refractivity contribution in [3.05, 3.63) is 0 Å². The van der Waals surface area contributed by atoms with E-state index in [1.807, 2.05) is 6.92 Å². The first-order chi connectivity index (χ1) is 12.6. The van der Waals surface area contributed by atoms with E-state index in [1.54, 1.807) is 0 Å². The fourth-order valence-electron chi connectivity index (χ4n) is 2.35. The van der Waals surface area contributed by atoms with Gasteiger partial charge in [0, 0.05) is 12.8 Å². The lowest BCUT2D eigenvalue weighted by atomic mass is 10.0. The van der Waals surface area contributed by atoms with Crippen molar-refractivity contribution in [1.29, 1.82) is 0 Å². The summed E-state index contributed by atoms with van der Waals surface area (Å²) in [6.45, 7) is 1.24. The number of aliphatic hydroxyl groups excluding tert-OH is 4. The summed E-state index contributed by atoms with van der Waals surface area (Å²) in [6.07, 6.45) is -4.15. The van der Waals surface area contributed by atoms with Gasteiger partial charge in [0.15, 0.2) is 0 Å². The van der Waals surface area contributed by atoms with Gasteiger partial charge in [0.2, 0.25) is 0 Å². The molecular formula is C14H25NO10S2. The highest BCUT2D eigenvalue weighted by Gasteiger charge is 2.44. The maximum Gasteiger partial charge on any atom is 0.466 e. The molecule has 1 saturated heterocycles. The van der Waals surface area contributed by atoms with Gasteiger partial charge in [-0.3, -0.25) is 9.35 Å². The zero-order valence-electron chi connectivity index (χ0n) is 14.7. The number of carbonyl (C=O) groups is 1. The van der Waals surface area contributed by atoms with E-state index in [1.165, 1.54) is 0 Å². The minimum atomic E-state index is -4.86. The Morgan fingerprint density at radius 3 is 2.37 bits per heavy atom. The van der Waals surface area contributed by atoms with Crippen LogP contribution >= 0.6 is 11.8 Å². The fraction of sp³-hybridized carbons (Fsp3) is 0.857. The average Bonchev–Trinajstić information content (AvgIpc) is 2.59. The van der Waals surface area contributed by atoms with E-state index in [4.69, 9.17) is 9.29 Å². The summed E-state index contributed by atoms with van der Waals surface area (Å²) in [6, 6.07) is 0. The van der Waals surface area contributed by atoms with Gasteiger partial charge in [-0.1, -0.05) is 23.8 Å². The van der Waals surface area contributed by atoms with Crippen molar-refractivity contribution in [2.45, 2.75) is 68.9 Å². The SMILES string of the molecule is CCCC(=O)CCC/C(=N/OS(=O)(=O)O)S[C@H]1O[C@H](CO)[C@H](O)[C@@H](O)[C@@H]1O. The Morgan fingerprint density at radius 2 is 1.81 bits per heavy atom. The zero-order valence-corrected chi connectivity index (χ0v) is 16.3. The third-order valence-electron chi connectivity index (χ3n) is 3.71. The number of ether oxygens (including phenoxy) is 1. The first-order valence-corrected chi connectivity index (χ1v) is 10.5. The third kappa shape index (κ3) is 8.39. The van der Waals surface area contributed by atoms with Gasteiger partial charge in [0.1, 0.15) is 40.7 Å². The number of aliphatic hydroxyl groups is 4. The van der Waals surface area contributed by atoms with Crippen LogP contribution in [0.25, 0.3) is 0 Å². The highest BCUT2D eigenvalue weighted by Crippen LogP contribution is 2.30. The van der Waals surface area contributed by atoms with Crippen LogP contribution in [-0.2, 0) is 24.2 Å². The Morgan fingerprint density at radius 1 is 1.15 bits per heavy atom. The van der Waals surface area contributed by atoms with Crippen LogP contribution in [-0.4, -0.2) is 80.7 Å². The summed E-state index contributed by atoms with van der Waals surface area (Å²) in [7, 11) is -4.86. The summed E-state index contributed by atoms with van der Waals surface area (Å²) >= 11 is 0.688. The number of thioether (sulfide) groups is 1. The monoisotopic (exact) mass is 431 g/mol. The summed E-state index contributed by atoms with van der Waals surface area (Å²) < 4.78 is 39.4. The lowest BCUT2D eigenvalue weighted by Crippen LogP contribution is -2.57. The van der Waals surface area contributed by atoms with Crippen molar-refractivity contribution < 1.29 is 47.2 Å². The number of oxime groups is 1. The molecule has 0 spiro atoms. The number of nitrogens with zero attached hydrogens (tertiary/aromatic N) is 1. The van der Waals surface area contributed by atoms with E-state index in [9.17, 15) is 33.6 Å². The first kappa shape index (κ1) is 24.2. The smallest absolute Gasteiger partial charge is 0.394 e. The molecule has 0 saturated carbocycles. The molecule has 0 aromatic carbocycles. The molecule has 0 aromatic heterocycles. The third-order valence-corrected chi connectivity index (χ3v) is 5.14. The van der Waals surface area contributed by atoms with Gasteiger partial charge >= 0.3 is 10.4 Å². The molecule has 0 aliphatic carbocycles. The normalized spacial score (nSPS) is 29.6. The van der Waals surface area contributed by atoms with Crippen LogP contribution in [0.15, 0.2) is 5.16 Å². The van der Waals surface area contributed by atoms with Gasteiger partial charge in [-0.25, -0.2) is 4.28 Å². The number of carbonyl (C=O) groups excluding carboxylic acids is 1. The van der Waals surface area contributed by atoms with Gasteiger partial charge in [-0.2, -0.15) is 8.42 Å². The molecule has 27 heavy (non-hydrogen) atoms. The minimum Gasteiger partial charge on any atom is -0.394 e. The Bertz CT molecular complexity index is 609. The van der Waals surface area contributed by atoms with E-state index >= 15 is 0 Å². The van der Waals surface area contributed by atoms with Crippen LogP contribution in [0, 0.1) is 0 Å². The molecule has 11 nitrogen and oxygen atoms in total. The zero-order chi connectivity index (χ0) is 20.6. The topological polar surface area (TPSA) is 183 Å². The molecule has 1 fully saturated rings. The second-order valence-corrected chi connectivity index (χ2v) is 8.12. The predicted molar refractivity (Wildman–Crippen MR) is 95.2 cm³/mol. The molecule has 158 valence electrons. The number of hydrogen-bond acceptors (Lipinski definition) is 11. The molecule has 0 unspecified atom stereocenters. The van der Waals surface area contributed by atoms with Gasteiger partial charge in [0.25, 0.3) is 0 Å². The van der Waals surface area contributed by atoms with Crippen LogP contribution in [0.5, 0.6) is 0 Å². The van der Waals surface area contributed by atoms with Gasteiger partial charge in [-0.15, -0.1) is 0 Å². The Hall–Kier alpha value is -0.800. The fourth-order valence-corrected chi connectivity index (χ4v) is 3.69. The largest absolute Gasteiger partial charge is 0.466 e. The van der Waals surface area contributed by atoms with E-state index < -0.39 is 46.9 Å². The van der Waals surface area contributed by atoms with E-state index in [2.05, 4.69) is 9.44 Å². The average molecular weight is 431 g/mol. The number of Topliss-reactive ketones (excluding diaryl/α,β-unsaturated/α-hetero) is 1. The number of rotatable bonds is 10. The van der Waals surface area contributed by atoms with Crippen LogP contribution in [0.4, 0.5) is 0 Å². The lowest BCUT2D eigenvalue weighted by molar-refractivity contribution is -0.205. The van der Waals surface area contributed by atoms with Crippen molar-refractivity contribution in [2.75, 3.05) is 6.61 Å². The molecule has 1 heterocycles. The summed E-state index contributed by atoms with van der Waals surface area (Å²) in [4.78, 5) is 11.6. The van der Waals surface area contributed by atoms with Crippen molar-refractivity contribution in [2.24, 2.45) is 5.16 Å². The van der Waals surface area contributed by atoms with Crippen molar-refractivity contribution in [3.8, 4) is 0 Å². The van der Waals surface area contributed by atoms with Crippen LogP contribution in [0.3, 0.4) is 0 Å². The highest BCUT2D eigenvalue weighted by molar-refractivity contribution is 8.14. The first-order valence-electron chi connectivity index (χ1n) is 8.30. The highest BCUT2D eigenvalue weighted by atomic mass is 32.3. The van der Waals surface area contributed by atoms with Crippen LogP contribution in [0.1, 0.15) is 39.0 Å². The van der Waals surface area contributed by atoms with Crippen molar-refractivity contribution in [1.82, 2.24) is 0 Å². The number of ketones is 1. The standard InChI is InChI=1S/C14H25NO10S2/c1-2-4-8(17)5-3-6-10(15-25-27(21,22)23)26-14-13(20)12(19)11(18)9(7-16)24-14/h9,11-14,16,18-20H,2-7H2,1H3,(H,21,22,23)/b15-10-/t9-,11+,12-,13+,14-/m1/s1. The molecule has 1 aliphatic rings. The maximum atomic E-state index is 11.6. The number of hydrogen-bond donors (Lipinski definition) is 5. The van der Waals surface area contributed by atoms with Gasteiger partial charge in [-0.05, 0) is 19.3 Å². The predicted octanol–water partition coefficient (Wildman–Crippen LogP) is -0.808. The van der Waals surface area contributed by atoms with Crippen molar-refractivity contribution in [3.63, 3.8) is 0 Å². The summed E-state index contributed by atoms with van der Waals surface area (Å²) in [5, 5.41) is 42.0. The van der Waals surface area contributed by atoms with E-state index in [0.717, 1.165) is 0 Å². The second kappa shape index (κ2) is 11.3. The molecule has 13 heteroatoms. The van der Waals surface area contributed by atoms with E-state index in [-0.39, 0.29) is 23.7 Å². The molecule has 5 atom stereocenters. The molecule has 1 aliphatic heterocycles. The van der Waals surface area contributed by atoms with Crippen molar-refractivity contribution >= 4 is 33.0 Å². The minimum absolute atomic E-state index is 0.0189. The quantitative estimate of drug-likeness (QED) is 0.126. The molecule has 1 rings (SSSR count). The van der Waals surface area contributed by atoms with Crippen LogP contribution < -0.4 is 0 Å². The summed E-state index contributed by atoms with van der Waals surface area (Å²) in [5.74, 6) is 0.0189. The summed E-state index contributed by atoms with van der Waals surface area (Å²) in [5.41, 5.74) is -1.20. The van der Waals surface area contributed by atoms with Gasteiger partial charge in [0.05, 0.1) is 6.61 Å². The molecular weight excluding hydrogens is 406 g/mol. The second-order valence-electron chi connectivity index (χ2n) is 5.94. The molecule has 0 bridgehead atoms. The Balaban J connectivity index is 2.81. The van der Waals surface area contributed by atoms with Crippen LogP contribution in [0.2, 0.25) is 0 Å². The molecule has 5 N–H and O–H groups in total. The molecule has 0 radical (unpaired) electrons. The Labute approximate surface area is 161 Å². The van der Waals surface area contributed by atoms with E-state index in [0.29, 0.717) is 31.0 Å². The molecule has 0 aromatic rings. The Kier molecular flexibility index (Phi) is 10.1. The lowest BCUT2D eigenvalue weighted by Gasteiger charge is -2.39.